The van der Waals surface area contributed by atoms with Crippen molar-refractivity contribution in [1.29, 1.82) is 5.26 Å². The van der Waals surface area contributed by atoms with Crippen LogP contribution in [-0.4, -0.2) is 45.5 Å². The van der Waals surface area contributed by atoms with Crippen LogP contribution in [0.25, 0.3) is 11.3 Å². The van der Waals surface area contributed by atoms with E-state index in [1.54, 1.807) is 18.6 Å². The average Bonchev–Trinajstić information content (AvgIpc) is 3.21. The van der Waals surface area contributed by atoms with Gasteiger partial charge in [-0.25, -0.2) is 14.8 Å². The van der Waals surface area contributed by atoms with Crippen LogP contribution in [0.1, 0.15) is 50.0 Å². The van der Waals surface area contributed by atoms with Crippen molar-refractivity contribution in [3.05, 3.63) is 76.0 Å². The number of carbonyl (C=O) groups excluding carboxylic acids is 1. The van der Waals surface area contributed by atoms with Crippen molar-refractivity contribution in [2.45, 2.75) is 33.0 Å². The predicted octanol–water partition coefficient (Wildman–Crippen LogP) is 2.84. The number of nitrogens with one attached hydrogen (secondary N) is 1. The molecule has 0 aliphatic carbocycles. The van der Waals surface area contributed by atoms with Crippen LogP contribution in [0.2, 0.25) is 0 Å². The zero-order chi connectivity index (χ0) is 22.9. The Hall–Kier alpha value is -3.67. The highest BCUT2D eigenvalue weighted by Gasteiger charge is 2.28. The smallest absolute Gasteiger partial charge is 0.338 e. The van der Waals surface area contributed by atoms with Gasteiger partial charge in [-0.2, -0.15) is 5.26 Å². The van der Waals surface area contributed by atoms with Gasteiger partial charge >= 0.3 is 5.97 Å². The van der Waals surface area contributed by atoms with Crippen LogP contribution in [0.15, 0.2) is 36.8 Å². The molecule has 2 aliphatic rings. The maximum atomic E-state index is 11.8. The zero-order valence-electron chi connectivity index (χ0n) is 18.6. The number of fused-ring (bicyclic) bond motifs is 1. The fourth-order valence-electron chi connectivity index (χ4n) is 4.51. The third-order valence-corrected chi connectivity index (χ3v) is 6.44. The van der Waals surface area contributed by atoms with Crippen molar-refractivity contribution in [1.82, 2.24) is 25.2 Å². The van der Waals surface area contributed by atoms with Gasteiger partial charge in [-0.1, -0.05) is 6.07 Å². The van der Waals surface area contributed by atoms with E-state index in [-0.39, 0.29) is 12.0 Å². The number of pyridine rings is 1. The zero-order valence-corrected chi connectivity index (χ0v) is 18.6. The molecular formula is C25H24N6O2. The number of benzene rings is 1. The van der Waals surface area contributed by atoms with Crippen molar-refractivity contribution in [3.8, 4) is 17.3 Å². The number of aromatic nitrogens is 3. The molecule has 1 aromatic carbocycles. The van der Waals surface area contributed by atoms with Crippen LogP contribution >= 0.6 is 0 Å². The largest absolute Gasteiger partial charge is 0.457 e. The Labute approximate surface area is 192 Å². The average molecular weight is 441 g/mol. The van der Waals surface area contributed by atoms with Crippen molar-refractivity contribution < 1.29 is 9.53 Å². The lowest BCUT2D eigenvalue weighted by molar-refractivity contribution is 0.0535. The van der Waals surface area contributed by atoms with Gasteiger partial charge in [0.05, 0.1) is 23.4 Å². The second kappa shape index (κ2) is 8.70. The molecule has 2 aliphatic heterocycles. The Morgan fingerprint density at radius 1 is 1.21 bits per heavy atom. The minimum absolute atomic E-state index is 0.171. The van der Waals surface area contributed by atoms with Crippen molar-refractivity contribution >= 4 is 5.97 Å². The summed E-state index contributed by atoms with van der Waals surface area (Å²) in [6.07, 6.45) is 5.16. The predicted molar refractivity (Wildman–Crippen MR) is 121 cm³/mol. The Morgan fingerprint density at radius 3 is 2.79 bits per heavy atom. The first-order chi connectivity index (χ1) is 16.0. The first-order valence-corrected chi connectivity index (χ1v) is 11.0. The van der Waals surface area contributed by atoms with Gasteiger partial charge in [0, 0.05) is 55.4 Å². The van der Waals surface area contributed by atoms with E-state index in [9.17, 15) is 4.79 Å². The SMILES string of the molecule is Cc1cc(-c2cnc(CN3CCNC(c4ccc5c(c4C)COC5=O)C3)nc2)ncc1C#N. The van der Waals surface area contributed by atoms with Crippen LogP contribution in [0.5, 0.6) is 0 Å². The van der Waals surface area contributed by atoms with Gasteiger partial charge in [-0.3, -0.25) is 9.88 Å². The molecule has 1 unspecified atom stereocenters. The lowest BCUT2D eigenvalue weighted by Crippen LogP contribution is -2.45. The summed E-state index contributed by atoms with van der Waals surface area (Å²) in [5, 5.41) is 12.7. The van der Waals surface area contributed by atoms with Crippen molar-refractivity contribution in [3.63, 3.8) is 0 Å². The normalized spacial score (nSPS) is 18.0. The lowest BCUT2D eigenvalue weighted by Gasteiger charge is -2.34. The second-order valence-electron chi connectivity index (χ2n) is 8.51. The number of cyclic esters (lactones) is 1. The highest BCUT2D eigenvalue weighted by molar-refractivity contribution is 5.94. The summed E-state index contributed by atoms with van der Waals surface area (Å²) in [6, 6.07) is 8.12. The van der Waals surface area contributed by atoms with Crippen LogP contribution in [0.3, 0.4) is 0 Å². The summed E-state index contributed by atoms with van der Waals surface area (Å²) in [7, 11) is 0. The van der Waals surface area contributed by atoms with Crippen molar-refractivity contribution in [2.24, 2.45) is 0 Å². The summed E-state index contributed by atoms with van der Waals surface area (Å²) in [6.45, 7) is 7.58. The molecule has 0 spiro atoms. The van der Waals surface area contributed by atoms with E-state index in [2.05, 4.69) is 38.2 Å². The molecule has 33 heavy (non-hydrogen) atoms. The number of rotatable bonds is 4. The first kappa shape index (κ1) is 21.2. The molecule has 0 saturated carbocycles. The molecule has 1 saturated heterocycles. The number of ether oxygens (including phenoxy) is 1. The van der Waals surface area contributed by atoms with E-state index in [0.717, 1.165) is 53.4 Å². The summed E-state index contributed by atoms with van der Waals surface area (Å²) in [4.78, 5) is 27.7. The van der Waals surface area contributed by atoms with Crippen LogP contribution < -0.4 is 5.32 Å². The summed E-state index contributed by atoms with van der Waals surface area (Å²) in [5.41, 5.74) is 7.06. The fourth-order valence-corrected chi connectivity index (χ4v) is 4.51. The molecule has 4 heterocycles. The minimum atomic E-state index is -0.232. The quantitative estimate of drug-likeness (QED) is 0.618. The number of aryl methyl sites for hydroxylation is 1. The third-order valence-electron chi connectivity index (χ3n) is 6.44. The number of piperazine rings is 1. The monoisotopic (exact) mass is 440 g/mol. The van der Waals surface area contributed by atoms with Crippen LogP contribution in [-0.2, 0) is 17.9 Å². The molecule has 2 aromatic heterocycles. The van der Waals surface area contributed by atoms with E-state index in [1.807, 2.05) is 25.1 Å². The molecule has 8 heteroatoms. The molecule has 5 rings (SSSR count). The van der Waals surface area contributed by atoms with Gasteiger partial charge < -0.3 is 10.1 Å². The summed E-state index contributed by atoms with van der Waals surface area (Å²) >= 11 is 0. The molecule has 3 aromatic rings. The number of hydrogen-bond donors (Lipinski definition) is 1. The standard InChI is InChI=1S/C25H24N6O2/c1-15-7-22(28-9-17(15)8-26)18-10-29-24(30-11-18)13-31-6-5-27-23(12-31)19-3-4-20-21(16(19)2)14-33-25(20)32/h3-4,7,9-11,23,27H,5-6,12-14H2,1-2H3. The maximum absolute atomic E-state index is 11.8. The molecule has 166 valence electrons. The highest BCUT2D eigenvalue weighted by atomic mass is 16.5. The van der Waals surface area contributed by atoms with Gasteiger partial charge in [0.1, 0.15) is 18.5 Å². The molecule has 0 amide bonds. The Balaban J connectivity index is 1.28. The number of nitriles is 1. The molecule has 0 bridgehead atoms. The van der Waals surface area contributed by atoms with Gasteiger partial charge in [-0.05, 0) is 42.7 Å². The van der Waals surface area contributed by atoms with E-state index in [4.69, 9.17) is 10.00 Å². The van der Waals surface area contributed by atoms with Crippen LogP contribution in [0, 0.1) is 25.2 Å². The number of esters is 1. The van der Waals surface area contributed by atoms with Crippen LogP contribution in [0.4, 0.5) is 0 Å². The Morgan fingerprint density at radius 2 is 2.03 bits per heavy atom. The summed E-state index contributed by atoms with van der Waals surface area (Å²) < 4.78 is 5.20. The van der Waals surface area contributed by atoms with E-state index >= 15 is 0 Å². The van der Waals surface area contributed by atoms with Gasteiger partial charge in [0.2, 0.25) is 0 Å². The second-order valence-corrected chi connectivity index (χ2v) is 8.51. The maximum Gasteiger partial charge on any atom is 0.338 e. The number of hydrogen-bond acceptors (Lipinski definition) is 8. The lowest BCUT2D eigenvalue weighted by atomic mass is 9.93. The van der Waals surface area contributed by atoms with E-state index in [0.29, 0.717) is 24.3 Å². The molecule has 0 radical (unpaired) electrons. The molecule has 1 atom stereocenters. The van der Waals surface area contributed by atoms with Gasteiger partial charge in [-0.15, -0.1) is 0 Å². The van der Waals surface area contributed by atoms with Gasteiger partial charge in [0.25, 0.3) is 0 Å². The molecule has 1 fully saturated rings. The number of nitrogens with zero attached hydrogens (tertiary/aromatic N) is 5. The third kappa shape index (κ3) is 4.09. The summed E-state index contributed by atoms with van der Waals surface area (Å²) in [5.74, 6) is 0.527. The fraction of sp³-hybridized carbons (Fsp3) is 0.320. The van der Waals surface area contributed by atoms with Crippen molar-refractivity contribution in [2.75, 3.05) is 19.6 Å². The van der Waals surface area contributed by atoms with E-state index < -0.39 is 0 Å². The molecule has 1 N–H and O–H groups in total. The van der Waals surface area contributed by atoms with E-state index in [1.165, 1.54) is 5.56 Å². The topological polar surface area (TPSA) is 104 Å². The number of carbonyl (C=O) groups is 1. The highest BCUT2D eigenvalue weighted by Crippen LogP contribution is 2.30. The molecule has 8 nitrogen and oxygen atoms in total. The first-order valence-electron chi connectivity index (χ1n) is 11.0. The molecular weight excluding hydrogens is 416 g/mol. The Kier molecular flexibility index (Phi) is 5.58. The Bertz CT molecular complexity index is 1270. The minimum Gasteiger partial charge on any atom is -0.457 e. The van der Waals surface area contributed by atoms with Gasteiger partial charge in [0.15, 0.2) is 0 Å².